The summed E-state index contributed by atoms with van der Waals surface area (Å²) in [6, 6.07) is 12.3. The van der Waals surface area contributed by atoms with E-state index < -0.39 is 9.84 Å². The van der Waals surface area contributed by atoms with Crippen molar-refractivity contribution in [2.45, 2.75) is 23.8 Å². The van der Waals surface area contributed by atoms with Crippen molar-refractivity contribution in [2.75, 3.05) is 38.9 Å². The summed E-state index contributed by atoms with van der Waals surface area (Å²) in [6.07, 6.45) is 3.06. The van der Waals surface area contributed by atoms with E-state index in [1.54, 1.807) is 32.4 Å². The van der Waals surface area contributed by atoms with Gasteiger partial charge in [-0.3, -0.25) is 4.79 Å². The fraction of sp³-hybridized carbons (Fsp3) is 0.381. The van der Waals surface area contributed by atoms with E-state index in [2.05, 4.69) is 5.32 Å². The molecule has 1 saturated heterocycles. The van der Waals surface area contributed by atoms with E-state index in [0.29, 0.717) is 5.69 Å². The van der Waals surface area contributed by atoms with E-state index in [-0.39, 0.29) is 23.4 Å². The molecule has 1 amide bonds. The van der Waals surface area contributed by atoms with Gasteiger partial charge in [0, 0.05) is 19.1 Å². The SMILES string of the molecule is COc1ccc(OC)c([C@@H]2CCC[NH+]2CC(=O)Nc2ccccc2S(C)(=O)=O)c1. The predicted octanol–water partition coefficient (Wildman–Crippen LogP) is 1.47. The Morgan fingerprint density at radius 3 is 2.62 bits per heavy atom. The summed E-state index contributed by atoms with van der Waals surface area (Å²) >= 11 is 0. The van der Waals surface area contributed by atoms with Crippen LogP contribution in [0.5, 0.6) is 11.5 Å². The van der Waals surface area contributed by atoms with Gasteiger partial charge >= 0.3 is 0 Å². The molecule has 1 heterocycles. The number of ether oxygens (including phenoxy) is 2. The van der Waals surface area contributed by atoms with Gasteiger partial charge in [-0.25, -0.2) is 8.42 Å². The highest BCUT2D eigenvalue weighted by Crippen LogP contribution is 2.31. The van der Waals surface area contributed by atoms with E-state index in [1.165, 1.54) is 6.07 Å². The summed E-state index contributed by atoms with van der Waals surface area (Å²) in [7, 11) is -0.173. The van der Waals surface area contributed by atoms with E-state index in [9.17, 15) is 13.2 Å². The zero-order valence-corrected chi connectivity index (χ0v) is 17.7. The van der Waals surface area contributed by atoms with Crippen LogP contribution in [0.15, 0.2) is 47.4 Å². The summed E-state index contributed by atoms with van der Waals surface area (Å²) in [4.78, 5) is 14.0. The Labute approximate surface area is 171 Å². The first kappa shape index (κ1) is 21.1. The standard InChI is InChI=1S/C21H26N2O5S/c1-27-15-10-11-19(28-2)16(13-15)18-8-6-12-23(18)14-21(24)22-17-7-4-5-9-20(17)29(3,25)26/h4-5,7,9-11,13,18H,6,8,12,14H2,1-3H3,(H,22,24)/p+1/t18-/m0/s1. The van der Waals surface area contributed by atoms with Gasteiger partial charge in [0.15, 0.2) is 16.4 Å². The summed E-state index contributed by atoms with van der Waals surface area (Å²) in [5.74, 6) is 1.31. The number of quaternary nitrogens is 1. The van der Waals surface area contributed by atoms with E-state index >= 15 is 0 Å². The fourth-order valence-corrected chi connectivity index (χ4v) is 4.75. The molecule has 2 N–H and O–H groups in total. The van der Waals surface area contributed by atoms with Crippen molar-refractivity contribution in [3.63, 3.8) is 0 Å². The minimum absolute atomic E-state index is 0.107. The number of rotatable bonds is 7. The number of hydrogen-bond acceptors (Lipinski definition) is 5. The van der Waals surface area contributed by atoms with Crippen molar-refractivity contribution >= 4 is 21.4 Å². The van der Waals surface area contributed by atoms with Gasteiger partial charge < -0.3 is 19.7 Å². The second kappa shape index (κ2) is 8.84. The van der Waals surface area contributed by atoms with Crippen LogP contribution in [-0.4, -0.2) is 47.9 Å². The molecule has 0 aliphatic carbocycles. The van der Waals surface area contributed by atoms with Gasteiger partial charge in [0.2, 0.25) is 0 Å². The zero-order chi connectivity index (χ0) is 21.0. The van der Waals surface area contributed by atoms with Gasteiger partial charge in [-0.2, -0.15) is 0 Å². The van der Waals surface area contributed by atoms with Gasteiger partial charge in [-0.15, -0.1) is 0 Å². The summed E-state index contributed by atoms with van der Waals surface area (Å²) in [5.41, 5.74) is 1.33. The molecule has 8 heteroatoms. The van der Waals surface area contributed by atoms with Gasteiger partial charge in [0.25, 0.3) is 5.91 Å². The molecule has 0 saturated carbocycles. The molecule has 2 aromatic rings. The van der Waals surface area contributed by atoms with Crippen molar-refractivity contribution in [3.8, 4) is 11.5 Å². The van der Waals surface area contributed by atoms with Crippen LogP contribution in [0.1, 0.15) is 24.4 Å². The van der Waals surface area contributed by atoms with Gasteiger partial charge in [-0.1, -0.05) is 12.1 Å². The van der Waals surface area contributed by atoms with E-state index in [4.69, 9.17) is 9.47 Å². The van der Waals surface area contributed by atoms with Crippen LogP contribution < -0.4 is 19.7 Å². The second-order valence-electron chi connectivity index (χ2n) is 7.20. The van der Waals surface area contributed by atoms with Crippen LogP contribution in [-0.2, 0) is 14.6 Å². The van der Waals surface area contributed by atoms with Crippen molar-refractivity contribution in [1.29, 1.82) is 0 Å². The molecule has 1 aliphatic heterocycles. The second-order valence-corrected chi connectivity index (χ2v) is 9.19. The van der Waals surface area contributed by atoms with Crippen molar-refractivity contribution < 1.29 is 27.6 Å². The van der Waals surface area contributed by atoms with Gasteiger partial charge in [-0.05, 0) is 30.3 Å². The first-order chi connectivity index (χ1) is 13.8. The van der Waals surface area contributed by atoms with Crippen LogP contribution >= 0.6 is 0 Å². The van der Waals surface area contributed by atoms with Crippen molar-refractivity contribution in [3.05, 3.63) is 48.0 Å². The third-order valence-corrected chi connectivity index (χ3v) is 6.40. The average molecular weight is 420 g/mol. The molecule has 0 aromatic heterocycles. The van der Waals surface area contributed by atoms with Crippen molar-refractivity contribution in [1.82, 2.24) is 0 Å². The Morgan fingerprint density at radius 2 is 1.93 bits per heavy atom. The Bertz CT molecular complexity index is 990. The van der Waals surface area contributed by atoms with Gasteiger partial charge in [0.1, 0.15) is 17.5 Å². The lowest BCUT2D eigenvalue weighted by molar-refractivity contribution is -0.910. The normalized spacial score (nSPS) is 19.0. The first-order valence-electron chi connectivity index (χ1n) is 9.49. The number of para-hydroxylation sites is 1. The Hall–Kier alpha value is -2.58. The Balaban J connectivity index is 1.78. The minimum Gasteiger partial charge on any atom is -0.497 e. The van der Waals surface area contributed by atoms with Gasteiger partial charge in [0.05, 0.1) is 36.9 Å². The maximum absolute atomic E-state index is 12.7. The molecule has 2 atom stereocenters. The molecule has 3 rings (SSSR count). The number of sulfone groups is 1. The third-order valence-electron chi connectivity index (χ3n) is 5.24. The topological polar surface area (TPSA) is 86.1 Å². The van der Waals surface area contributed by atoms with Crippen molar-refractivity contribution in [2.24, 2.45) is 0 Å². The largest absolute Gasteiger partial charge is 0.497 e. The maximum Gasteiger partial charge on any atom is 0.279 e. The lowest BCUT2D eigenvalue weighted by atomic mass is 10.0. The van der Waals surface area contributed by atoms with Crippen LogP contribution in [0.3, 0.4) is 0 Å². The first-order valence-corrected chi connectivity index (χ1v) is 11.4. The molecular weight excluding hydrogens is 392 g/mol. The number of amides is 1. The van der Waals surface area contributed by atoms with E-state index in [1.807, 2.05) is 18.2 Å². The number of carbonyl (C=O) groups is 1. The number of nitrogens with one attached hydrogen (secondary N) is 2. The molecular formula is C21H27N2O5S+. The quantitative estimate of drug-likeness (QED) is 0.710. The Morgan fingerprint density at radius 1 is 1.17 bits per heavy atom. The summed E-state index contributed by atoms with van der Waals surface area (Å²) < 4.78 is 34.8. The molecule has 29 heavy (non-hydrogen) atoms. The number of carbonyl (C=O) groups excluding carboxylic acids is 1. The van der Waals surface area contributed by atoms with Crippen LogP contribution in [0.25, 0.3) is 0 Å². The molecule has 0 spiro atoms. The Kier molecular flexibility index (Phi) is 6.44. The minimum atomic E-state index is -3.43. The highest BCUT2D eigenvalue weighted by Gasteiger charge is 2.34. The van der Waals surface area contributed by atoms with Crippen LogP contribution in [0.2, 0.25) is 0 Å². The molecule has 1 aliphatic rings. The summed E-state index contributed by atoms with van der Waals surface area (Å²) in [5, 5.41) is 2.77. The third kappa shape index (κ3) is 4.89. The smallest absolute Gasteiger partial charge is 0.279 e. The number of methoxy groups -OCH3 is 2. The lowest BCUT2D eigenvalue weighted by Gasteiger charge is -2.23. The molecule has 1 fully saturated rings. The van der Waals surface area contributed by atoms with Crippen LogP contribution in [0.4, 0.5) is 5.69 Å². The monoisotopic (exact) mass is 419 g/mol. The van der Waals surface area contributed by atoms with Crippen LogP contribution in [0, 0.1) is 0 Å². The molecule has 0 bridgehead atoms. The number of hydrogen-bond donors (Lipinski definition) is 2. The predicted molar refractivity (Wildman–Crippen MR) is 110 cm³/mol. The molecule has 7 nitrogen and oxygen atoms in total. The molecule has 0 radical (unpaired) electrons. The molecule has 2 aromatic carbocycles. The highest BCUT2D eigenvalue weighted by molar-refractivity contribution is 7.90. The number of anilines is 1. The highest BCUT2D eigenvalue weighted by atomic mass is 32.2. The molecule has 156 valence electrons. The zero-order valence-electron chi connectivity index (χ0n) is 16.9. The lowest BCUT2D eigenvalue weighted by Crippen LogP contribution is -3.11. The fourth-order valence-electron chi connectivity index (χ4n) is 3.90. The number of likely N-dealkylation sites (tertiary alicyclic amines) is 1. The number of benzene rings is 2. The van der Waals surface area contributed by atoms with E-state index in [0.717, 1.165) is 47.6 Å². The maximum atomic E-state index is 12.7. The average Bonchev–Trinajstić information content (AvgIpc) is 3.14. The summed E-state index contributed by atoms with van der Waals surface area (Å²) in [6.45, 7) is 1.09. The molecule has 1 unspecified atom stereocenters.